The molecule has 9 nitrogen and oxygen atoms in total. The van der Waals surface area contributed by atoms with Crippen LogP contribution in [0, 0.1) is 10.1 Å². The molecule has 1 aromatic carbocycles. The molecule has 0 aliphatic rings. The van der Waals surface area contributed by atoms with Gasteiger partial charge in [0.15, 0.2) is 0 Å². The van der Waals surface area contributed by atoms with Crippen LogP contribution >= 0.6 is 15.9 Å². The van der Waals surface area contributed by atoms with Crippen molar-refractivity contribution in [1.29, 1.82) is 0 Å². The highest BCUT2D eigenvalue weighted by Gasteiger charge is 2.21. The number of anilines is 1. The van der Waals surface area contributed by atoms with Gasteiger partial charge in [0.05, 0.1) is 33.5 Å². The summed E-state index contributed by atoms with van der Waals surface area (Å²) in [5, 5.41) is 18.1. The van der Waals surface area contributed by atoms with Crippen molar-refractivity contribution in [2.75, 3.05) is 5.32 Å². The van der Waals surface area contributed by atoms with Gasteiger partial charge in [0.1, 0.15) is 17.5 Å². The van der Waals surface area contributed by atoms with Crippen molar-refractivity contribution in [3.63, 3.8) is 0 Å². The van der Waals surface area contributed by atoms with E-state index in [0.717, 1.165) is 4.47 Å². The van der Waals surface area contributed by atoms with E-state index in [9.17, 15) is 14.9 Å². The summed E-state index contributed by atoms with van der Waals surface area (Å²) in [6, 6.07) is 6.87. The predicted molar refractivity (Wildman–Crippen MR) is 105 cm³/mol. The first-order valence-corrected chi connectivity index (χ1v) is 9.13. The second-order valence-corrected chi connectivity index (χ2v) is 6.73. The van der Waals surface area contributed by atoms with Crippen molar-refractivity contribution in [3.8, 4) is 11.5 Å². The Balaban J connectivity index is 1.85. The third-order valence-electron chi connectivity index (χ3n) is 3.82. The minimum Gasteiger partial charge on any atom is -0.455 e. The molecule has 1 N–H and O–H groups in total. The zero-order valence-electron chi connectivity index (χ0n) is 14.8. The van der Waals surface area contributed by atoms with Crippen LogP contribution in [0.5, 0.6) is 11.5 Å². The Morgan fingerprint density at radius 2 is 2.18 bits per heavy atom. The number of benzene rings is 1. The van der Waals surface area contributed by atoms with Gasteiger partial charge in [-0.25, -0.2) is 0 Å². The lowest BCUT2D eigenvalue weighted by atomic mass is 10.2. The smallest absolute Gasteiger partial charge is 0.275 e. The lowest BCUT2D eigenvalue weighted by molar-refractivity contribution is -0.384. The lowest BCUT2D eigenvalue weighted by Crippen LogP contribution is -2.26. The van der Waals surface area contributed by atoms with Crippen molar-refractivity contribution >= 4 is 33.2 Å². The van der Waals surface area contributed by atoms with Crippen LogP contribution < -0.4 is 10.1 Å². The fourth-order valence-electron chi connectivity index (χ4n) is 2.57. The fourth-order valence-corrected chi connectivity index (χ4v) is 2.87. The summed E-state index contributed by atoms with van der Waals surface area (Å²) in [5.74, 6) is 0.298. The molecule has 0 aliphatic heterocycles. The second kappa shape index (κ2) is 8.61. The zero-order chi connectivity index (χ0) is 20.1. The SMILES string of the molecule is CCC(C(=O)Nc1cc(Oc2cccnc2)cc([N+](=O)[O-])c1)n1cc(Br)cn1. The predicted octanol–water partition coefficient (Wildman–Crippen LogP) is 4.33. The number of carbonyl (C=O) groups excluding carboxylic acids is 1. The Hall–Kier alpha value is -3.27. The van der Waals surface area contributed by atoms with Crippen molar-refractivity contribution in [2.45, 2.75) is 19.4 Å². The maximum atomic E-state index is 12.7. The lowest BCUT2D eigenvalue weighted by Gasteiger charge is -2.16. The van der Waals surface area contributed by atoms with Crippen LogP contribution in [0.2, 0.25) is 0 Å². The molecule has 0 fully saturated rings. The Morgan fingerprint density at radius 3 is 2.79 bits per heavy atom. The van der Waals surface area contributed by atoms with Crippen LogP contribution in [-0.4, -0.2) is 25.6 Å². The highest BCUT2D eigenvalue weighted by molar-refractivity contribution is 9.10. The van der Waals surface area contributed by atoms with E-state index >= 15 is 0 Å². The molecule has 2 aromatic heterocycles. The number of nitro groups is 1. The molecule has 144 valence electrons. The van der Waals surface area contributed by atoms with Gasteiger partial charge in [0.25, 0.3) is 5.69 Å². The number of halogens is 1. The summed E-state index contributed by atoms with van der Waals surface area (Å²) < 4.78 is 7.91. The molecule has 0 aliphatic carbocycles. The number of ether oxygens (including phenoxy) is 1. The summed E-state index contributed by atoms with van der Waals surface area (Å²) in [6.07, 6.45) is 6.85. The van der Waals surface area contributed by atoms with E-state index in [1.807, 2.05) is 6.92 Å². The molecule has 1 atom stereocenters. The Morgan fingerprint density at radius 1 is 1.36 bits per heavy atom. The van der Waals surface area contributed by atoms with Crippen LogP contribution in [0.25, 0.3) is 0 Å². The molecule has 28 heavy (non-hydrogen) atoms. The zero-order valence-corrected chi connectivity index (χ0v) is 16.4. The Bertz CT molecular complexity index is 993. The van der Waals surface area contributed by atoms with Gasteiger partial charge in [-0.15, -0.1) is 0 Å². The van der Waals surface area contributed by atoms with E-state index in [-0.39, 0.29) is 23.0 Å². The summed E-state index contributed by atoms with van der Waals surface area (Å²) >= 11 is 3.30. The van der Waals surface area contributed by atoms with Gasteiger partial charge >= 0.3 is 0 Å². The van der Waals surface area contributed by atoms with Gasteiger partial charge in [-0.1, -0.05) is 6.92 Å². The summed E-state index contributed by atoms with van der Waals surface area (Å²) in [6.45, 7) is 1.85. The molecule has 0 radical (unpaired) electrons. The minimum absolute atomic E-state index is 0.202. The number of amides is 1. The maximum absolute atomic E-state index is 12.7. The molecule has 0 bridgehead atoms. The Kier molecular flexibility index (Phi) is 5.99. The van der Waals surface area contributed by atoms with Crippen LogP contribution in [0.4, 0.5) is 11.4 Å². The third-order valence-corrected chi connectivity index (χ3v) is 4.23. The van der Waals surface area contributed by atoms with Gasteiger partial charge in [-0.3, -0.25) is 24.6 Å². The molecular formula is C18H16BrN5O4. The maximum Gasteiger partial charge on any atom is 0.275 e. The summed E-state index contributed by atoms with van der Waals surface area (Å²) in [7, 11) is 0. The minimum atomic E-state index is -0.562. The first kappa shape index (κ1) is 19.5. The molecule has 1 amide bonds. The van der Waals surface area contributed by atoms with E-state index in [1.54, 1.807) is 30.7 Å². The number of nitro benzene ring substituents is 1. The van der Waals surface area contributed by atoms with Crippen molar-refractivity contribution in [2.24, 2.45) is 0 Å². The number of pyridine rings is 1. The monoisotopic (exact) mass is 445 g/mol. The topological polar surface area (TPSA) is 112 Å². The van der Waals surface area contributed by atoms with Gasteiger partial charge < -0.3 is 10.1 Å². The van der Waals surface area contributed by atoms with Crippen LogP contribution in [-0.2, 0) is 4.79 Å². The molecule has 0 spiro atoms. The molecule has 3 rings (SSSR count). The van der Waals surface area contributed by atoms with Gasteiger partial charge in [-0.2, -0.15) is 5.10 Å². The third kappa shape index (κ3) is 4.71. The molecule has 3 aromatic rings. The fraction of sp³-hybridized carbons (Fsp3) is 0.167. The first-order chi connectivity index (χ1) is 13.5. The van der Waals surface area contributed by atoms with Crippen molar-refractivity contribution in [3.05, 3.63) is 69.7 Å². The van der Waals surface area contributed by atoms with Crippen molar-refractivity contribution < 1.29 is 14.5 Å². The van der Waals surface area contributed by atoms with Crippen LogP contribution in [0.3, 0.4) is 0 Å². The second-order valence-electron chi connectivity index (χ2n) is 5.82. The number of nitrogens with one attached hydrogen (secondary N) is 1. The average Bonchev–Trinajstić information content (AvgIpc) is 3.09. The molecule has 0 saturated carbocycles. The van der Waals surface area contributed by atoms with Crippen LogP contribution in [0.1, 0.15) is 19.4 Å². The highest BCUT2D eigenvalue weighted by Crippen LogP contribution is 2.30. The highest BCUT2D eigenvalue weighted by atomic mass is 79.9. The molecule has 0 saturated heterocycles. The number of carbonyl (C=O) groups is 1. The number of hydrogen-bond donors (Lipinski definition) is 1. The largest absolute Gasteiger partial charge is 0.455 e. The van der Waals surface area contributed by atoms with E-state index < -0.39 is 11.0 Å². The number of aromatic nitrogens is 3. The number of non-ortho nitro benzene ring substituents is 1. The van der Waals surface area contributed by atoms with E-state index in [2.05, 4.69) is 31.3 Å². The standard InChI is InChI=1S/C18H16BrN5O4/c1-2-17(23-11-12(19)9-21-23)18(25)22-13-6-14(24(26)27)8-16(7-13)28-15-4-3-5-20-10-15/h3-11,17H,2H2,1H3,(H,22,25). The van der Waals surface area contributed by atoms with Gasteiger partial charge in [0.2, 0.25) is 5.91 Å². The van der Waals surface area contributed by atoms with E-state index in [1.165, 1.54) is 29.1 Å². The van der Waals surface area contributed by atoms with E-state index in [0.29, 0.717) is 12.2 Å². The first-order valence-electron chi connectivity index (χ1n) is 8.34. The molecular weight excluding hydrogens is 430 g/mol. The van der Waals surface area contributed by atoms with Gasteiger partial charge in [-0.05, 0) is 34.5 Å². The average molecular weight is 446 g/mol. The number of rotatable bonds is 7. The number of hydrogen-bond acceptors (Lipinski definition) is 6. The van der Waals surface area contributed by atoms with Crippen LogP contribution in [0.15, 0.2) is 59.6 Å². The van der Waals surface area contributed by atoms with Gasteiger partial charge in [0, 0.05) is 24.5 Å². The number of nitrogens with zero attached hydrogens (tertiary/aromatic N) is 4. The summed E-state index contributed by atoms with van der Waals surface area (Å²) in [5.41, 5.74) is 0.0503. The normalized spacial score (nSPS) is 11.6. The summed E-state index contributed by atoms with van der Waals surface area (Å²) in [4.78, 5) is 27.3. The Labute approximate surface area is 168 Å². The quantitative estimate of drug-likeness (QED) is 0.427. The van der Waals surface area contributed by atoms with E-state index in [4.69, 9.17) is 4.74 Å². The van der Waals surface area contributed by atoms with Crippen molar-refractivity contribution in [1.82, 2.24) is 14.8 Å². The molecule has 2 heterocycles. The molecule has 1 unspecified atom stereocenters. The molecule has 10 heteroatoms.